The van der Waals surface area contributed by atoms with Gasteiger partial charge in [0.1, 0.15) is 0 Å². The third kappa shape index (κ3) is 3.73. The Morgan fingerprint density at radius 1 is 1.50 bits per heavy atom. The Kier molecular flexibility index (Phi) is 5.20. The number of unbranched alkanes of at least 4 members (excludes halogenated alkanes) is 1. The molecule has 0 fully saturated rings. The van der Waals surface area contributed by atoms with Crippen LogP contribution >= 0.6 is 15.9 Å². The highest BCUT2D eigenvalue weighted by Gasteiger charge is 2.18. The number of nitrogens with one attached hydrogen (secondary N) is 1. The first-order chi connectivity index (χ1) is 8.38. The first kappa shape index (κ1) is 15.0. The van der Waals surface area contributed by atoms with Gasteiger partial charge < -0.3 is 5.73 Å². The van der Waals surface area contributed by atoms with E-state index in [1.165, 1.54) is 6.07 Å². The fourth-order valence-electron chi connectivity index (χ4n) is 1.43. The van der Waals surface area contributed by atoms with Crippen molar-refractivity contribution in [3.05, 3.63) is 22.2 Å². The van der Waals surface area contributed by atoms with Gasteiger partial charge >= 0.3 is 0 Å². The maximum Gasteiger partial charge on any atom is 0.240 e. The van der Waals surface area contributed by atoms with Gasteiger partial charge in [0.15, 0.2) is 0 Å². The molecule has 0 aromatic heterocycles. The lowest BCUT2D eigenvalue weighted by molar-refractivity contribution is 0.579. The van der Waals surface area contributed by atoms with E-state index in [0.717, 1.165) is 0 Å². The number of anilines is 1. The van der Waals surface area contributed by atoms with Crippen LogP contribution in [-0.4, -0.2) is 15.0 Å². The van der Waals surface area contributed by atoms with Crippen LogP contribution < -0.4 is 10.5 Å². The third-order valence-corrected chi connectivity index (χ3v) is 4.49. The summed E-state index contributed by atoms with van der Waals surface area (Å²) < 4.78 is 27.3. The van der Waals surface area contributed by atoms with Crippen LogP contribution in [0.1, 0.15) is 18.4 Å². The lowest BCUT2D eigenvalue weighted by Crippen LogP contribution is -2.25. The summed E-state index contributed by atoms with van der Waals surface area (Å²) in [6.07, 6.45) is 6.26. The minimum absolute atomic E-state index is 0.190. The molecule has 4 nitrogen and oxygen atoms in total. The molecular formula is C12H15BrN2O2S. The largest absolute Gasteiger partial charge is 0.398 e. The Morgan fingerprint density at radius 2 is 2.17 bits per heavy atom. The lowest BCUT2D eigenvalue weighted by Gasteiger charge is -2.11. The van der Waals surface area contributed by atoms with Gasteiger partial charge in [-0.2, -0.15) is 0 Å². The predicted molar refractivity (Wildman–Crippen MR) is 76.5 cm³/mol. The van der Waals surface area contributed by atoms with Crippen LogP contribution in [0.15, 0.2) is 21.5 Å². The second-order valence-electron chi connectivity index (χ2n) is 3.82. The van der Waals surface area contributed by atoms with Gasteiger partial charge in [0.05, 0.1) is 4.90 Å². The highest BCUT2D eigenvalue weighted by Crippen LogP contribution is 2.26. The maximum atomic E-state index is 12.1. The SMILES string of the molecule is C#CCCCNS(=O)(=O)c1cc(Br)cc(N)c1C. The Hall–Kier alpha value is -1.03. The first-order valence-electron chi connectivity index (χ1n) is 5.37. The molecule has 0 aliphatic heterocycles. The normalized spacial score (nSPS) is 11.2. The van der Waals surface area contributed by atoms with Crippen LogP contribution in [-0.2, 0) is 10.0 Å². The van der Waals surface area contributed by atoms with Crippen LogP contribution in [0.3, 0.4) is 0 Å². The zero-order valence-corrected chi connectivity index (χ0v) is 12.4. The Labute approximate surface area is 116 Å². The second kappa shape index (κ2) is 6.23. The van der Waals surface area contributed by atoms with Crippen molar-refractivity contribution in [3.8, 4) is 12.3 Å². The third-order valence-electron chi connectivity index (χ3n) is 2.44. The van der Waals surface area contributed by atoms with Gasteiger partial charge in [-0.05, 0) is 31.0 Å². The zero-order valence-electron chi connectivity index (χ0n) is 10.0. The van der Waals surface area contributed by atoms with E-state index in [9.17, 15) is 8.42 Å². The van der Waals surface area contributed by atoms with E-state index >= 15 is 0 Å². The van der Waals surface area contributed by atoms with Gasteiger partial charge in [0.25, 0.3) is 0 Å². The minimum Gasteiger partial charge on any atom is -0.398 e. The average molecular weight is 331 g/mol. The molecule has 98 valence electrons. The summed E-state index contributed by atoms with van der Waals surface area (Å²) in [7, 11) is -3.55. The highest BCUT2D eigenvalue weighted by atomic mass is 79.9. The predicted octanol–water partition coefficient (Wildman–Crippen LogP) is 2.03. The average Bonchev–Trinajstić information content (AvgIpc) is 2.29. The van der Waals surface area contributed by atoms with Crippen LogP contribution in [0, 0.1) is 19.3 Å². The molecule has 18 heavy (non-hydrogen) atoms. The summed E-state index contributed by atoms with van der Waals surface area (Å²) in [5, 5.41) is 0. The van der Waals surface area contributed by atoms with E-state index < -0.39 is 10.0 Å². The number of nitrogens with two attached hydrogens (primary N) is 1. The highest BCUT2D eigenvalue weighted by molar-refractivity contribution is 9.10. The van der Waals surface area contributed by atoms with Crippen molar-refractivity contribution >= 4 is 31.6 Å². The van der Waals surface area contributed by atoms with Crippen LogP contribution in [0.2, 0.25) is 0 Å². The Balaban J connectivity index is 2.96. The number of nitrogen functional groups attached to an aromatic ring is 1. The summed E-state index contributed by atoms with van der Waals surface area (Å²) >= 11 is 3.23. The number of rotatable bonds is 5. The van der Waals surface area contributed by atoms with Crippen LogP contribution in [0.5, 0.6) is 0 Å². The molecule has 0 bridgehead atoms. The summed E-state index contributed by atoms with van der Waals surface area (Å²) in [5.74, 6) is 2.46. The number of benzene rings is 1. The van der Waals surface area contributed by atoms with Gasteiger partial charge in [-0.3, -0.25) is 0 Å². The van der Waals surface area contributed by atoms with E-state index in [1.807, 2.05) is 0 Å². The summed E-state index contributed by atoms with van der Waals surface area (Å²) in [6, 6.07) is 3.21. The lowest BCUT2D eigenvalue weighted by atomic mass is 10.2. The van der Waals surface area contributed by atoms with Gasteiger partial charge in [-0.25, -0.2) is 13.1 Å². The molecule has 0 saturated heterocycles. The Bertz CT molecular complexity index is 576. The van der Waals surface area contributed by atoms with Crippen molar-refractivity contribution in [1.29, 1.82) is 0 Å². The molecule has 0 atom stereocenters. The smallest absolute Gasteiger partial charge is 0.240 e. The monoisotopic (exact) mass is 330 g/mol. The number of halogens is 1. The zero-order chi connectivity index (χ0) is 13.8. The van der Waals surface area contributed by atoms with Crippen LogP contribution in [0.25, 0.3) is 0 Å². The molecule has 0 heterocycles. The quantitative estimate of drug-likeness (QED) is 0.493. The van der Waals surface area contributed by atoms with Crippen molar-refractivity contribution in [2.24, 2.45) is 0 Å². The standard InChI is InChI=1S/C12H15BrN2O2S/c1-3-4-5-6-15-18(16,17)12-8-10(13)7-11(14)9(12)2/h1,7-8,15H,4-6,14H2,2H3. The molecule has 0 amide bonds. The molecular weight excluding hydrogens is 316 g/mol. The van der Waals surface area contributed by atoms with Gasteiger partial charge in [0.2, 0.25) is 10.0 Å². The number of sulfonamides is 1. The van der Waals surface area contributed by atoms with Crippen molar-refractivity contribution in [2.75, 3.05) is 12.3 Å². The van der Waals surface area contributed by atoms with Crippen LogP contribution in [0.4, 0.5) is 5.69 Å². The van der Waals surface area contributed by atoms with Crippen molar-refractivity contribution in [1.82, 2.24) is 4.72 Å². The topological polar surface area (TPSA) is 72.2 Å². The van der Waals surface area contributed by atoms with Gasteiger partial charge in [-0.15, -0.1) is 12.3 Å². The second-order valence-corrected chi connectivity index (χ2v) is 6.47. The van der Waals surface area contributed by atoms with Gasteiger partial charge in [0, 0.05) is 23.1 Å². The van der Waals surface area contributed by atoms with E-state index in [2.05, 4.69) is 26.6 Å². The van der Waals surface area contributed by atoms with Crippen molar-refractivity contribution in [3.63, 3.8) is 0 Å². The van der Waals surface area contributed by atoms with Gasteiger partial charge in [-0.1, -0.05) is 15.9 Å². The summed E-state index contributed by atoms with van der Waals surface area (Å²) in [4.78, 5) is 0.190. The summed E-state index contributed by atoms with van der Waals surface area (Å²) in [5.41, 5.74) is 6.73. The Morgan fingerprint density at radius 3 is 2.78 bits per heavy atom. The van der Waals surface area contributed by atoms with E-state index in [-0.39, 0.29) is 4.90 Å². The molecule has 0 saturated carbocycles. The molecule has 0 aliphatic carbocycles. The van der Waals surface area contributed by atoms with E-state index in [4.69, 9.17) is 12.2 Å². The van der Waals surface area contributed by atoms with Crippen molar-refractivity contribution < 1.29 is 8.42 Å². The maximum absolute atomic E-state index is 12.1. The number of hydrogen-bond acceptors (Lipinski definition) is 3. The minimum atomic E-state index is -3.55. The number of terminal acetylenes is 1. The fourth-order valence-corrected chi connectivity index (χ4v) is 3.43. The molecule has 6 heteroatoms. The van der Waals surface area contributed by atoms with Crippen molar-refractivity contribution in [2.45, 2.75) is 24.7 Å². The molecule has 1 aromatic carbocycles. The molecule has 1 aromatic rings. The molecule has 1 rings (SSSR count). The van der Waals surface area contributed by atoms with E-state index in [1.54, 1.807) is 13.0 Å². The molecule has 0 unspecified atom stereocenters. The fraction of sp³-hybridized carbons (Fsp3) is 0.333. The molecule has 3 N–H and O–H groups in total. The number of hydrogen-bond donors (Lipinski definition) is 2. The molecule has 0 spiro atoms. The van der Waals surface area contributed by atoms with E-state index in [0.29, 0.717) is 35.1 Å². The summed E-state index contributed by atoms with van der Waals surface area (Å²) in [6.45, 7) is 2.00. The molecule has 0 radical (unpaired) electrons. The molecule has 0 aliphatic rings. The first-order valence-corrected chi connectivity index (χ1v) is 7.65.